The molecule has 0 aromatic heterocycles. The Kier molecular flexibility index (Phi) is 6.47. The van der Waals surface area contributed by atoms with E-state index in [1.807, 2.05) is 0 Å². The Hall–Kier alpha value is -2.99. The summed E-state index contributed by atoms with van der Waals surface area (Å²) in [5, 5.41) is 2.89. The number of nitrogens with one attached hydrogen (secondary N) is 1. The molecule has 1 N–H and O–H groups in total. The average molecular weight is 421 g/mol. The van der Waals surface area contributed by atoms with Crippen molar-refractivity contribution in [3.8, 4) is 0 Å². The van der Waals surface area contributed by atoms with Crippen LogP contribution in [0.25, 0.3) is 0 Å². The fourth-order valence-electron chi connectivity index (χ4n) is 4.33. The number of carbonyl (C=O) groups is 3. The summed E-state index contributed by atoms with van der Waals surface area (Å²) in [4.78, 5) is 38.6. The van der Waals surface area contributed by atoms with E-state index in [4.69, 9.17) is 4.74 Å². The van der Waals surface area contributed by atoms with E-state index in [-0.39, 0.29) is 24.3 Å². The molecule has 1 heterocycles. The first-order valence-electron chi connectivity index (χ1n) is 11.0. The quantitative estimate of drug-likeness (QED) is 0.546. The largest absolute Gasteiger partial charge is 0.376 e. The molecule has 1 aliphatic carbocycles. The summed E-state index contributed by atoms with van der Waals surface area (Å²) in [6.45, 7) is 3.39. The Morgan fingerprint density at radius 3 is 2.29 bits per heavy atom. The summed E-state index contributed by atoms with van der Waals surface area (Å²) in [6, 6.07) is 13.8. The molecule has 0 spiro atoms. The first-order chi connectivity index (χ1) is 15.0. The van der Waals surface area contributed by atoms with Crippen molar-refractivity contribution in [1.82, 2.24) is 10.2 Å². The van der Waals surface area contributed by atoms with Gasteiger partial charge in [0.15, 0.2) is 0 Å². The fraction of sp³-hybridized carbons (Fsp3) is 0.400. The van der Waals surface area contributed by atoms with Crippen LogP contribution in [-0.2, 0) is 11.3 Å². The van der Waals surface area contributed by atoms with Crippen LogP contribution in [0.15, 0.2) is 48.5 Å². The predicted octanol–water partition coefficient (Wildman–Crippen LogP) is 3.81. The first kappa shape index (κ1) is 21.2. The van der Waals surface area contributed by atoms with Crippen molar-refractivity contribution in [3.05, 3.63) is 70.8 Å². The molecule has 0 radical (unpaired) electrons. The van der Waals surface area contributed by atoms with Gasteiger partial charge in [0.2, 0.25) is 0 Å². The topological polar surface area (TPSA) is 75.7 Å². The highest BCUT2D eigenvalue weighted by Crippen LogP contribution is 2.26. The second kappa shape index (κ2) is 9.43. The number of rotatable bonds is 7. The van der Waals surface area contributed by atoms with Gasteiger partial charge in [-0.1, -0.05) is 44.0 Å². The second-order valence-electron chi connectivity index (χ2n) is 8.37. The minimum atomic E-state index is -0.283. The van der Waals surface area contributed by atoms with Gasteiger partial charge >= 0.3 is 0 Å². The van der Waals surface area contributed by atoms with Crippen LogP contribution < -0.4 is 5.32 Å². The highest BCUT2D eigenvalue weighted by atomic mass is 16.5. The van der Waals surface area contributed by atoms with Crippen molar-refractivity contribution >= 4 is 17.7 Å². The van der Waals surface area contributed by atoms with Gasteiger partial charge in [-0.25, -0.2) is 0 Å². The minimum Gasteiger partial charge on any atom is -0.376 e. The van der Waals surface area contributed by atoms with E-state index >= 15 is 0 Å². The average Bonchev–Trinajstić information content (AvgIpc) is 3.03. The second-order valence-corrected chi connectivity index (χ2v) is 8.37. The summed E-state index contributed by atoms with van der Waals surface area (Å²) < 4.78 is 5.94. The van der Waals surface area contributed by atoms with Crippen LogP contribution in [0.4, 0.5) is 0 Å². The lowest BCUT2D eigenvalue weighted by Gasteiger charge is -2.28. The molecule has 1 fully saturated rings. The third-order valence-electron chi connectivity index (χ3n) is 6.19. The molecular formula is C25H28N2O4. The molecule has 2 aliphatic rings. The summed E-state index contributed by atoms with van der Waals surface area (Å²) in [6.07, 6.45) is 5.11. The number of ether oxygens (including phenoxy) is 1. The van der Waals surface area contributed by atoms with E-state index < -0.39 is 0 Å². The molecule has 162 valence electrons. The summed E-state index contributed by atoms with van der Waals surface area (Å²) in [5.74, 6) is -0.142. The van der Waals surface area contributed by atoms with Gasteiger partial charge in [-0.3, -0.25) is 19.3 Å². The zero-order chi connectivity index (χ0) is 21.8. The standard InChI is InChI=1S/C25H28N2O4/c1-17-6-2-5-9-22(17)31-15-14-26-23(28)19-12-10-18(11-13-19)16-27-24(29)20-7-3-4-8-21(20)25(27)30/h3-4,7-8,10-13,17,22H,2,5-6,9,14-16H2,1H3,(H,26,28). The zero-order valence-electron chi connectivity index (χ0n) is 17.8. The molecule has 3 amide bonds. The van der Waals surface area contributed by atoms with E-state index in [1.165, 1.54) is 24.2 Å². The first-order valence-corrected chi connectivity index (χ1v) is 11.0. The number of carbonyl (C=O) groups excluding carboxylic acids is 3. The van der Waals surface area contributed by atoms with Gasteiger partial charge in [-0.15, -0.1) is 0 Å². The third kappa shape index (κ3) is 4.69. The minimum absolute atomic E-state index is 0.160. The lowest BCUT2D eigenvalue weighted by molar-refractivity contribution is -0.00293. The van der Waals surface area contributed by atoms with Gasteiger partial charge < -0.3 is 10.1 Å². The molecule has 2 unspecified atom stereocenters. The summed E-state index contributed by atoms with van der Waals surface area (Å²) in [5.41, 5.74) is 2.21. The maximum atomic E-state index is 12.5. The van der Waals surface area contributed by atoms with Gasteiger partial charge in [-0.05, 0) is 48.6 Å². The molecule has 31 heavy (non-hydrogen) atoms. The number of hydrogen-bond donors (Lipinski definition) is 1. The Morgan fingerprint density at radius 2 is 1.65 bits per heavy atom. The normalized spacial score (nSPS) is 20.6. The smallest absolute Gasteiger partial charge is 0.261 e. The molecule has 0 saturated heterocycles. The van der Waals surface area contributed by atoms with Gasteiger partial charge in [0.1, 0.15) is 0 Å². The van der Waals surface area contributed by atoms with Crippen molar-refractivity contribution in [2.45, 2.75) is 45.3 Å². The molecule has 1 aliphatic heterocycles. The molecule has 2 aromatic carbocycles. The maximum Gasteiger partial charge on any atom is 0.261 e. The predicted molar refractivity (Wildman–Crippen MR) is 117 cm³/mol. The van der Waals surface area contributed by atoms with E-state index in [0.717, 1.165) is 12.0 Å². The van der Waals surface area contributed by atoms with E-state index in [1.54, 1.807) is 48.5 Å². The highest BCUT2D eigenvalue weighted by Gasteiger charge is 2.34. The number of hydrogen-bond acceptors (Lipinski definition) is 4. The number of amides is 3. The van der Waals surface area contributed by atoms with Crippen LogP contribution in [0, 0.1) is 5.92 Å². The van der Waals surface area contributed by atoms with Gasteiger partial charge in [-0.2, -0.15) is 0 Å². The lowest BCUT2D eigenvalue weighted by atomic mass is 9.88. The van der Waals surface area contributed by atoms with Crippen LogP contribution in [0.3, 0.4) is 0 Å². The molecule has 0 bridgehead atoms. The van der Waals surface area contributed by atoms with Crippen LogP contribution in [-0.4, -0.2) is 41.9 Å². The van der Waals surface area contributed by atoms with Crippen LogP contribution in [0.2, 0.25) is 0 Å². The van der Waals surface area contributed by atoms with Crippen LogP contribution in [0.1, 0.15) is 69.2 Å². The van der Waals surface area contributed by atoms with Crippen LogP contribution >= 0.6 is 0 Å². The molecule has 6 nitrogen and oxygen atoms in total. The SMILES string of the molecule is CC1CCCCC1OCCNC(=O)c1ccc(CN2C(=O)c3ccccc3C2=O)cc1. The molecule has 2 atom stereocenters. The summed E-state index contributed by atoms with van der Waals surface area (Å²) >= 11 is 0. The number of fused-ring (bicyclic) bond motifs is 1. The van der Waals surface area contributed by atoms with E-state index in [0.29, 0.717) is 41.9 Å². The Labute approximate surface area is 182 Å². The summed E-state index contributed by atoms with van der Waals surface area (Å²) in [7, 11) is 0. The van der Waals surface area contributed by atoms with E-state index in [9.17, 15) is 14.4 Å². The van der Waals surface area contributed by atoms with Crippen LogP contribution in [0.5, 0.6) is 0 Å². The number of imide groups is 1. The molecule has 6 heteroatoms. The zero-order valence-corrected chi connectivity index (χ0v) is 17.8. The third-order valence-corrected chi connectivity index (χ3v) is 6.19. The lowest BCUT2D eigenvalue weighted by Crippen LogP contribution is -2.32. The Balaban J connectivity index is 1.27. The van der Waals surface area contributed by atoms with Crippen molar-refractivity contribution in [2.75, 3.05) is 13.2 Å². The van der Waals surface area contributed by atoms with E-state index in [2.05, 4.69) is 12.2 Å². The molecule has 2 aromatic rings. The maximum absolute atomic E-state index is 12.5. The van der Waals surface area contributed by atoms with Crippen molar-refractivity contribution < 1.29 is 19.1 Å². The monoisotopic (exact) mass is 420 g/mol. The van der Waals surface area contributed by atoms with Gasteiger partial charge in [0, 0.05) is 12.1 Å². The number of nitrogens with zero attached hydrogens (tertiary/aromatic N) is 1. The van der Waals surface area contributed by atoms with Gasteiger partial charge in [0.25, 0.3) is 17.7 Å². The van der Waals surface area contributed by atoms with Crippen molar-refractivity contribution in [3.63, 3.8) is 0 Å². The van der Waals surface area contributed by atoms with Crippen molar-refractivity contribution in [1.29, 1.82) is 0 Å². The molecule has 4 rings (SSSR count). The van der Waals surface area contributed by atoms with Gasteiger partial charge in [0.05, 0.1) is 30.4 Å². The Bertz CT molecular complexity index is 935. The Morgan fingerprint density at radius 1 is 1.00 bits per heavy atom. The molecular weight excluding hydrogens is 392 g/mol. The number of benzene rings is 2. The highest BCUT2D eigenvalue weighted by molar-refractivity contribution is 6.21. The van der Waals surface area contributed by atoms with Crippen molar-refractivity contribution in [2.24, 2.45) is 5.92 Å². The molecule has 1 saturated carbocycles. The fourth-order valence-corrected chi connectivity index (χ4v) is 4.33.